The molecule has 0 bridgehead atoms. The summed E-state index contributed by atoms with van der Waals surface area (Å²) in [4.78, 5) is 9.43. The molecule has 0 unspecified atom stereocenters. The molecule has 0 spiro atoms. The summed E-state index contributed by atoms with van der Waals surface area (Å²) >= 11 is 0. The standard InChI is InChI=1S/C11H13FN2O5S/c1-7-4-9(12)10(14(16)17)5-11(7)20(18,19)13-3-2-8(15)6-13/h4-5,8,15H,2-3,6H2,1H3/t8-/m0/s1. The lowest BCUT2D eigenvalue weighted by molar-refractivity contribution is -0.387. The predicted octanol–water partition coefficient (Wildman–Crippen LogP) is 0.798. The number of sulfonamides is 1. The molecule has 0 aliphatic carbocycles. The summed E-state index contributed by atoms with van der Waals surface area (Å²) in [5.41, 5.74) is -0.789. The molecule has 1 aliphatic rings. The van der Waals surface area contributed by atoms with E-state index in [1.165, 1.54) is 6.92 Å². The van der Waals surface area contributed by atoms with Gasteiger partial charge in [-0.3, -0.25) is 10.1 Å². The zero-order valence-electron chi connectivity index (χ0n) is 10.6. The van der Waals surface area contributed by atoms with Crippen molar-refractivity contribution < 1.29 is 22.8 Å². The van der Waals surface area contributed by atoms with Gasteiger partial charge in [0.25, 0.3) is 0 Å². The second-order valence-corrected chi connectivity index (χ2v) is 6.54. The van der Waals surface area contributed by atoms with Gasteiger partial charge in [0.2, 0.25) is 15.8 Å². The SMILES string of the molecule is Cc1cc(F)c([N+](=O)[O-])cc1S(=O)(=O)N1CC[C@H](O)C1. The van der Waals surface area contributed by atoms with Crippen molar-refractivity contribution in [2.24, 2.45) is 0 Å². The third kappa shape index (κ3) is 2.51. The quantitative estimate of drug-likeness (QED) is 0.657. The van der Waals surface area contributed by atoms with Gasteiger partial charge in [-0.25, -0.2) is 8.42 Å². The number of hydrogen-bond donors (Lipinski definition) is 1. The Hall–Kier alpha value is -1.58. The van der Waals surface area contributed by atoms with Crippen molar-refractivity contribution in [1.29, 1.82) is 0 Å². The monoisotopic (exact) mass is 304 g/mol. The van der Waals surface area contributed by atoms with Gasteiger partial charge < -0.3 is 5.11 Å². The normalized spacial score (nSPS) is 20.2. The van der Waals surface area contributed by atoms with Crippen molar-refractivity contribution >= 4 is 15.7 Å². The van der Waals surface area contributed by atoms with E-state index in [2.05, 4.69) is 0 Å². The van der Waals surface area contributed by atoms with Gasteiger partial charge in [0.1, 0.15) is 0 Å². The van der Waals surface area contributed by atoms with Crippen LogP contribution in [-0.4, -0.2) is 41.9 Å². The lowest BCUT2D eigenvalue weighted by atomic mass is 10.2. The number of aryl methyl sites for hydroxylation is 1. The molecule has 1 aromatic carbocycles. The van der Waals surface area contributed by atoms with Gasteiger partial charge >= 0.3 is 5.69 Å². The number of nitro benzene ring substituents is 1. The fourth-order valence-corrected chi connectivity index (χ4v) is 3.85. The first kappa shape index (κ1) is 14.8. The van der Waals surface area contributed by atoms with Crippen molar-refractivity contribution in [1.82, 2.24) is 4.31 Å². The van der Waals surface area contributed by atoms with Gasteiger partial charge in [-0.1, -0.05) is 0 Å². The van der Waals surface area contributed by atoms with E-state index in [9.17, 15) is 28.0 Å². The number of nitrogens with zero attached hydrogens (tertiary/aromatic N) is 2. The summed E-state index contributed by atoms with van der Waals surface area (Å²) in [7, 11) is -3.97. The molecule has 1 heterocycles. The molecule has 110 valence electrons. The van der Waals surface area contributed by atoms with Crippen LogP contribution in [0.2, 0.25) is 0 Å². The highest BCUT2D eigenvalue weighted by Crippen LogP contribution is 2.29. The van der Waals surface area contributed by atoms with Gasteiger partial charge in [0.15, 0.2) is 0 Å². The van der Waals surface area contributed by atoms with Crippen molar-refractivity contribution in [2.75, 3.05) is 13.1 Å². The van der Waals surface area contributed by atoms with Gasteiger partial charge in [-0.2, -0.15) is 8.70 Å². The van der Waals surface area contributed by atoms with Crippen molar-refractivity contribution in [2.45, 2.75) is 24.3 Å². The molecule has 9 heteroatoms. The predicted molar refractivity (Wildman–Crippen MR) is 67.2 cm³/mol. The third-order valence-electron chi connectivity index (χ3n) is 3.19. The number of rotatable bonds is 3. The Morgan fingerprint density at radius 1 is 1.50 bits per heavy atom. The summed E-state index contributed by atoms with van der Waals surface area (Å²) in [6, 6.07) is 1.56. The molecule has 20 heavy (non-hydrogen) atoms. The fraction of sp³-hybridized carbons (Fsp3) is 0.455. The maximum absolute atomic E-state index is 13.4. The number of hydrogen-bond acceptors (Lipinski definition) is 5. The first-order valence-electron chi connectivity index (χ1n) is 5.86. The Morgan fingerprint density at radius 3 is 2.65 bits per heavy atom. The number of benzene rings is 1. The van der Waals surface area contributed by atoms with Gasteiger partial charge in [-0.05, 0) is 25.0 Å². The Labute approximate surface area is 114 Å². The molecule has 1 saturated heterocycles. The summed E-state index contributed by atoms with van der Waals surface area (Å²) in [6.45, 7) is 1.44. The van der Waals surface area contributed by atoms with Gasteiger partial charge in [0.05, 0.1) is 15.9 Å². The highest BCUT2D eigenvalue weighted by Gasteiger charge is 2.34. The molecular weight excluding hydrogens is 291 g/mol. The Balaban J connectivity index is 2.51. The van der Waals surface area contributed by atoms with E-state index in [1.807, 2.05) is 0 Å². The largest absolute Gasteiger partial charge is 0.392 e. The summed E-state index contributed by atoms with van der Waals surface area (Å²) < 4.78 is 39.2. The zero-order valence-corrected chi connectivity index (χ0v) is 11.4. The van der Waals surface area contributed by atoms with E-state index >= 15 is 0 Å². The molecule has 7 nitrogen and oxygen atoms in total. The molecular formula is C11H13FN2O5S. The van der Waals surface area contributed by atoms with Crippen LogP contribution in [0, 0.1) is 22.9 Å². The molecule has 1 atom stereocenters. The Morgan fingerprint density at radius 2 is 2.15 bits per heavy atom. The number of nitro groups is 1. The molecule has 0 radical (unpaired) electrons. The number of β-amino-alcohol motifs (C(OH)–C–C–N with tert-alkyl or cyclic N) is 1. The number of halogens is 1. The smallest absolute Gasteiger partial charge is 0.306 e. The maximum atomic E-state index is 13.4. The van der Waals surface area contributed by atoms with Crippen LogP contribution in [0.3, 0.4) is 0 Å². The Bertz CT molecular complexity index is 661. The van der Waals surface area contributed by atoms with Crippen LogP contribution in [0.15, 0.2) is 17.0 Å². The minimum absolute atomic E-state index is 0.0626. The lowest BCUT2D eigenvalue weighted by Gasteiger charge is -2.17. The van der Waals surface area contributed by atoms with E-state index in [0.29, 0.717) is 6.42 Å². The molecule has 1 N–H and O–H groups in total. The highest BCUT2D eigenvalue weighted by atomic mass is 32.2. The number of aliphatic hydroxyl groups is 1. The van der Waals surface area contributed by atoms with E-state index < -0.39 is 32.6 Å². The van der Waals surface area contributed by atoms with Crippen LogP contribution in [-0.2, 0) is 10.0 Å². The summed E-state index contributed by atoms with van der Waals surface area (Å²) in [6.07, 6.45) is -0.442. The molecule has 0 saturated carbocycles. The van der Waals surface area contributed by atoms with Gasteiger partial charge in [-0.15, -0.1) is 0 Å². The van der Waals surface area contributed by atoms with E-state index in [4.69, 9.17) is 0 Å². The third-order valence-corrected chi connectivity index (χ3v) is 5.19. The topological polar surface area (TPSA) is 101 Å². The first-order chi connectivity index (χ1) is 9.23. The second kappa shape index (κ2) is 5.08. The molecule has 1 fully saturated rings. The van der Waals surface area contributed by atoms with Crippen molar-refractivity contribution in [3.8, 4) is 0 Å². The summed E-state index contributed by atoms with van der Waals surface area (Å²) in [5.74, 6) is -1.08. The number of aliphatic hydroxyl groups excluding tert-OH is 1. The van der Waals surface area contributed by atoms with Gasteiger partial charge in [0, 0.05) is 19.2 Å². The van der Waals surface area contributed by atoms with Crippen LogP contribution in [0.1, 0.15) is 12.0 Å². The van der Waals surface area contributed by atoms with E-state index in [1.54, 1.807) is 0 Å². The molecule has 0 amide bonds. The van der Waals surface area contributed by atoms with Crippen molar-refractivity contribution in [3.63, 3.8) is 0 Å². The van der Waals surface area contributed by atoms with Crippen molar-refractivity contribution in [3.05, 3.63) is 33.6 Å². The van der Waals surface area contributed by atoms with Crippen LogP contribution in [0.5, 0.6) is 0 Å². The van der Waals surface area contributed by atoms with E-state index in [0.717, 1.165) is 16.4 Å². The minimum Gasteiger partial charge on any atom is -0.392 e. The molecule has 0 aromatic heterocycles. The molecule has 2 rings (SSSR count). The zero-order chi connectivity index (χ0) is 15.1. The Kier molecular flexibility index (Phi) is 3.76. The van der Waals surface area contributed by atoms with Crippen LogP contribution >= 0.6 is 0 Å². The van der Waals surface area contributed by atoms with Crippen LogP contribution in [0.4, 0.5) is 10.1 Å². The molecule has 1 aromatic rings. The van der Waals surface area contributed by atoms with Crippen LogP contribution in [0.25, 0.3) is 0 Å². The minimum atomic E-state index is -3.97. The maximum Gasteiger partial charge on any atom is 0.306 e. The molecule has 1 aliphatic heterocycles. The van der Waals surface area contributed by atoms with Crippen LogP contribution < -0.4 is 0 Å². The first-order valence-corrected chi connectivity index (χ1v) is 7.30. The average molecular weight is 304 g/mol. The second-order valence-electron chi connectivity index (χ2n) is 4.63. The fourth-order valence-electron chi connectivity index (χ4n) is 2.13. The highest BCUT2D eigenvalue weighted by molar-refractivity contribution is 7.89. The average Bonchev–Trinajstić information content (AvgIpc) is 2.75. The lowest BCUT2D eigenvalue weighted by Crippen LogP contribution is -2.30. The van der Waals surface area contributed by atoms with E-state index in [-0.39, 0.29) is 23.5 Å². The summed E-state index contributed by atoms with van der Waals surface area (Å²) in [5, 5.41) is 20.1.